The van der Waals surface area contributed by atoms with Crippen LogP contribution >= 0.6 is 57.5 Å². The second-order valence-electron chi connectivity index (χ2n) is 2.33. The van der Waals surface area contributed by atoms with E-state index in [1.54, 1.807) is 6.07 Å². The van der Waals surface area contributed by atoms with Crippen molar-refractivity contribution in [3.63, 3.8) is 0 Å². The molecule has 13 heavy (non-hydrogen) atoms. The molecule has 0 amide bonds. The van der Waals surface area contributed by atoms with Gasteiger partial charge in [0, 0.05) is 4.88 Å². The lowest BCUT2D eigenvalue weighted by Crippen LogP contribution is -1.60. The monoisotopic (exact) mass is 268 g/mol. The van der Waals surface area contributed by atoms with Crippen LogP contribution in [0.4, 0.5) is 0 Å². The van der Waals surface area contributed by atoms with Crippen molar-refractivity contribution >= 4 is 57.5 Å². The molecule has 2 rings (SSSR count). The molecule has 0 aliphatic heterocycles. The van der Waals surface area contributed by atoms with Crippen LogP contribution in [0.3, 0.4) is 0 Å². The first-order valence-corrected chi connectivity index (χ1v) is 6.14. The van der Waals surface area contributed by atoms with Crippen LogP contribution in [0.15, 0.2) is 18.2 Å². The standard InChI is InChI=1S/C8H3Cl3S2/c9-4-3-7(11)13-8(4)5-1-2-6(10)12-5/h1-3H. The SMILES string of the molecule is Clc1ccc(-c2sc(Cl)cc2Cl)s1. The first-order chi connectivity index (χ1) is 6.16. The first-order valence-electron chi connectivity index (χ1n) is 3.37. The summed E-state index contributed by atoms with van der Waals surface area (Å²) < 4.78 is 1.46. The molecule has 2 aromatic rings. The Balaban J connectivity index is 2.51. The number of halogens is 3. The van der Waals surface area contributed by atoms with Crippen molar-refractivity contribution < 1.29 is 0 Å². The molecular formula is C8H3Cl3S2. The van der Waals surface area contributed by atoms with E-state index in [4.69, 9.17) is 34.8 Å². The highest BCUT2D eigenvalue weighted by atomic mass is 35.5. The molecular weight excluding hydrogens is 267 g/mol. The van der Waals surface area contributed by atoms with Gasteiger partial charge in [0.1, 0.15) is 0 Å². The van der Waals surface area contributed by atoms with E-state index in [9.17, 15) is 0 Å². The van der Waals surface area contributed by atoms with Gasteiger partial charge in [0.25, 0.3) is 0 Å². The van der Waals surface area contributed by atoms with Gasteiger partial charge in [-0.2, -0.15) is 0 Å². The third kappa shape index (κ3) is 2.03. The molecule has 0 saturated heterocycles. The van der Waals surface area contributed by atoms with Crippen molar-refractivity contribution in [3.05, 3.63) is 31.9 Å². The van der Waals surface area contributed by atoms with Gasteiger partial charge in [-0.1, -0.05) is 34.8 Å². The smallest absolute Gasteiger partial charge is 0.0950 e. The predicted octanol–water partition coefficient (Wildman–Crippen LogP) is 5.44. The van der Waals surface area contributed by atoms with Crippen molar-refractivity contribution in [1.82, 2.24) is 0 Å². The van der Waals surface area contributed by atoms with Crippen molar-refractivity contribution in [2.75, 3.05) is 0 Å². The molecule has 0 spiro atoms. The Hall–Kier alpha value is 0.270. The zero-order valence-corrected chi connectivity index (χ0v) is 10.1. The van der Waals surface area contributed by atoms with Gasteiger partial charge in [-0.3, -0.25) is 0 Å². The van der Waals surface area contributed by atoms with Crippen LogP contribution < -0.4 is 0 Å². The zero-order valence-electron chi connectivity index (χ0n) is 6.18. The summed E-state index contributed by atoms with van der Waals surface area (Å²) in [5.74, 6) is 0. The predicted molar refractivity (Wildman–Crippen MR) is 62.7 cm³/mol. The quantitative estimate of drug-likeness (QED) is 0.647. The fourth-order valence-electron chi connectivity index (χ4n) is 0.945. The molecule has 68 valence electrons. The van der Waals surface area contributed by atoms with Crippen molar-refractivity contribution in [2.24, 2.45) is 0 Å². The zero-order chi connectivity index (χ0) is 9.42. The molecule has 0 N–H and O–H groups in total. The summed E-state index contributed by atoms with van der Waals surface area (Å²) in [6, 6.07) is 5.54. The van der Waals surface area contributed by atoms with Gasteiger partial charge in [-0.15, -0.1) is 22.7 Å². The minimum atomic E-state index is 0.688. The number of thiophene rings is 2. The fraction of sp³-hybridized carbons (Fsp3) is 0. The van der Waals surface area contributed by atoms with Gasteiger partial charge in [0.05, 0.1) is 18.6 Å². The van der Waals surface area contributed by atoms with Gasteiger partial charge in [-0.25, -0.2) is 0 Å². The van der Waals surface area contributed by atoms with Crippen LogP contribution in [0, 0.1) is 0 Å². The maximum absolute atomic E-state index is 5.98. The van der Waals surface area contributed by atoms with Gasteiger partial charge in [-0.05, 0) is 18.2 Å². The third-order valence-electron chi connectivity index (χ3n) is 1.45. The van der Waals surface area contributed by atoms with E-state index >= 15 is 0 Å². The molecule has 0 fully saturated rings. The highest BCUT2D eigenvalue weighted by Gasteiger charge is 2.10. The topological polar surface area (TPSA) is 0 Å². The minimum absolute atomic E-state index is 0.688. The lowest BCUT2D eigenvalue weighted by molar-refractivity contribution is 1.92. The molecule has 0 unspecified atom stereocenters. The molecule has 0 saturated carbocycles. The summed E-state index contributed by atoms with van der Waals surface area (Å²) in [7, 11) is 0. The normalized spacial score (nSPS) is 10.7. The summed E-state index contributed by atoms with van der Waals surface area (Å²) >= 11 is 20.6. The molecule has 0 aliphatic carbocycles. The lowest BCUT2D eigenvalue weighted by Gasteiger charge is -1.90. The Morgan fingerprint density at radius 3 is 2.15 bits per heavy atom. The van der Waals surface area contributed by atoms with Gasteiger partial charge in [0.15, 0.2) is 0 Å². The van der Waals surface area contributed by atoms with Crippen LogP contribution in [0.1, 0.15) is 0 Å². The third-order valence-corrected chi connectivity index (χ3v) is 4.54. The van der Waals surface area contributed by atoms with E-state index in [0.717, 1.165) is 14.1 Å². The van der Waals surface area contributed by atoms with Crippen LogP contribution in [-0.4, -0.2) is 0 Å². The first kappa shape index (κ1) is 9.81. The Morgan fingerprint density at radius 1 is 0.923 bits per heavy atom. The summed E-state index contributed by atoms with van der Waals surface area (Å²) in [6.45, 7) is 0. The molecule has 0 atom stereocenters. The average molecular weight is 270 g/mol. The second kappa shape index (κ2) is 3.79. The number of hydrogen-bond donors (Lipinski definition) is 0. The van der Waals surface area contributed by atoms with E-state index in [-0.39, 0.29) is 0 Å². The average Bonchev–Trinajstić information content (AvgIpc) is 2.58. The summed E-state index contributed by atoms with van der Waals surface area (Å²) in [6.07, 6.45) is 0. The van der Waals surface area contributed by atoms with Crippen LogP contribution in [0.5, 0.6) is 0 Å². The highest BCUT2D eigenvalue weighted by molar-refractivity contribution is 7.26. The van der Waals surface area contributed by atoms with E-state index < -0.39 is 0 Å². The summed E-state index contributed by atoms with van der Waals surface area (Å²) in [5.41, 5.74) is 0. The molecule has 0 bridgehead atoms. The van der Waals surface area contributed by atoms with Crippen LogP contribution in [0.25, 0.3) is 9.75 Å². The van der Waals surface area contributed by atoms with Crippen molar-refractivity contribution in [1.29, 1.82) is 0 Å². The van der Waals surface area contributed by atoms with Gasteiger partial charge >= 0.3 is 0 Å². The molecule has 5 heteroatoms. The van der Waals surface area contributed by atoms with Gasteiger partial charge < -0.3 is 0 Å². The fourth-order valence-corrected chi connectivity index (χ4v) is 3.73. The lowest BCUT2D eigenvalue weighted by atomic mass is 10.4. The molecule has 2 heterocycles. The Morgan fingerprint density at radius 2 is 1.69 bits per heavy atom. The Kier molecular flexibility index (Phi) is 2.86. The van der Waals surface area contributed by atoms with E-state index in [1.807, 2.05) is 12.1 Å². The largest absolute Gasteiger partial charge is 0.122 e. The summed E-state index contributed by atoms with van der Waals surface area (Å²) in [5, 5.41) is 0.688. The maximum atomic E-state index is 5.98. The number of rotatable bonds is 1. The molecule has 2 aromatic heterocycles. The molecule has 0 radical (unpaired) electrons. The Labute approximate surface area is 98.7 Å². The Bertz CT molecular complexity index is 430. The van der Waals surface area contributed by atoms with E-state index in [1.165, 1.54) is 22.7 Å². The van der Waals surface area contributed by atoms with Crippen molar-refractivity contribution in [2.45, 2.75) is 0 Å². The van der Waals surface area contributed by atoms with Crippen LogP contribution in [-0.2, 0) is 0 Å². The van der Waals surface area contributed by atoms with Crippen LogP contribution in [0.2, 0.25) is 13.7 Å². The molecule has 0 aliphatic rings. The second-order valence-corrected chi connectivity index (χ2v) is 6.14. The summed E-state index contributed by atoms with van der Waals surface area (Å²) in [4.78, 5) is 2.05. The maximum Gasteiger partial charge on any atom is 0.0950 e. The van der Waals surface area contributed by atoms with E-state index in [0.29, 0.717) is 9.36 Å². The molecule has 0 aromatic carbocycles. The van der Waals surface area contributed by atoms with Gasteiger partial charge in [0.2, 0.25) is 0 Å². The van der Waals surface area contributed by atoms with E-state index in [2.05, 4.69) is 0 Å². The highest BCUT2D eigenvalue weighted by Crippen LogP contribution is 2.42. The minimum Gasteiger partial charge on any atom is -0.122 e. The number of hydrogen-bond acceptors (Lipinski definition) is 2. The molecule has 0 nitrogen and oxygen atoms in total. The van der Waals surface area contributed by atoms with Crippen molar-refractivity contribution in [3.8, 4) is 9.75 Å².